The van der Waals surface area contributed by atoms with Crippen LogP contribution in [0.1, 0.15) is 48.4 Å². The highest BCUT2D eigenvalue weighted by Gasteiger charge is 2.22. The van der Waals surface area contributed by atoms with Crippen molar-refractivity contribution in [2.24, 2.45) is 0 Å². The molecule has 158 valence electrons. The summed E-state index contributed by atoms with van der Waals surface area (Å²) in [6, 6.07) is 16.7. The van der Waals surface area contributed by atoms with Crippen LogP contribution in [0.25, 0.3) is 0 Å². The molecule has 1 unspecified atom stereocenters. The fourth-order valence-electron chi connectivity index (χ4n) is 3.78. The van der Waals surface area contributed by atoms with Gasteiger partial charge in [0.2, 0.25) is 0 Å². The van der Waals surface area contributed by atoms with Crippen molar-refractivity contribution >= 4 is 18.3 Å². The second-order valence-electron chi connectivity index (χ2n) is 7.73. The second kappa shape index (κ2) is 11.8. The van der Waals surface area contributed by atoms with Crippen LogP contribution < -0.4 is 10.1 Å². The van der Waals surface area contributed by atoms with Crippen LogP contribution in [0.2, 0.25) is 0 Å². The van der Waals surface area contributed by atoms with E-state index in [1.807, 2.05) is 31.2 Å². The molecule has 0 bridgehead atoms. The summed E-state index contributed by atoms with van der Waals surface area (Å²) in [5, 5.41) is 3.10. The molecule has 2 aromatic carbocycles. The number of benzene rings is 2. The van der Waals surface area contributed by atoms with Gasteiger partial charge in [-0.25, -0.2) is 0 Å². The number of hydrogen-bond acceptors (Lipinski definition) is 3. The Bertz CT molecular complexity index is 756. The first-order valence-corrected chi connectivity index (χ1v) is 10.4. The van der Waals surface area contributed by atoms with Gasteiger partial charge in [-0.15, -0.1) is 12.4 Å². The summed E-state index contributed by atoms with van der Waals surface area (Å²) in [4.78, 5) is 14.9. The zero-order valence-electron chi connectivity index (χ0n) is 17.5. The van der Waals surface area contributed by atoms with E-state index in [0.29, 0.717) is 6.54 Å². The Labute approximate surface area is 181 Å². The van der Waals surface area contributed by atoms with Gasteiger partial charge >= 0.3 is 0 Å². The van der Waals surface area contributed by atoms with Crippen molar-refractivity contribution in [3.8, 4) is 5.75 Å². The lowest BCUT2D eigenvalue weighted by Gasteiger charge is -2.31. The monoisotopic (exact) mass is 416 g/mol. The average Bonchev–Trinajstić information content (AvgIpc) is 2.98. The third kappa shape index (κ3) is 7.06. The Morgan fingerprint density at radius 2 is 1.66 bits per heavy atom. The van der Waals surface area contributed by atoms with Crippen LogP contribution in [0.15, 0.2) is 48.5 Å². The van der Waals surface area contributed by atoms with Crippen LogP contribution in [0.5, 0.6) is 5.75 Å². The zero-order chi connectivity index (χ0) is 19.8. The van der Waals surface area contributed by atoms with Crippen LogP contribution in [-0.2, 0) is 4.79 Å². The van der Waals surface area contributed by atoms with E-state index >= 15 is 0 Å². The minimum atomic E-state index is -0.0739. The summed E-state index contributed by atoms with van der Waals surface area (Å²) >= 11 is 0. The number of halogens is 1. The Kier molecular flexibility index (Phi) is 9.49. The molecule has 5 heteroatoms. The molecule has 1 aliphatic heterocycles. The van der Waals surface area contributed by atoms with Gasteiger partial charge in [-0.1, -0.05) is 60.9 Å². The lowest BCUT2D eigenvalue weighted by Crippen LogP contribution is -2.40. The van der Waals surface area contributed by atoms with E-state index in [-0.39, 0.29) is 31.0 Å². The van der Waals surface area contributed by atoms with Crippen molar-refractivity contribution in [1.29, 1.82) is 0 Å². The molecule has 2 aromatic rings. The molecule has 0 spiro atoms. The van der Waals surface area contributed by atoms with Crippen LogP contribution in [0.3, 0.4) is 0 Å². The number of carbonyl (C=O) groups excluding carboxylic acids is 1. The van der Waals surface area contributed by atoms with Gasteiger partial charge in [0.1, 0.15) is 5.75 Å². The van der Waals surface area contributed by atoms with Crippen LogP contribution >= 0.6 is 12.4 Å². The molecular weight excluding hydrogens is 384 g/mol. The number of nitrogens with one attached hydrogen (secondary N) is 1. The molecule has 0 aliphatic carbocycles. The predicted molar refractivity (Wildman–Crippen MR) is 121 cm³/mol. The number of amides is 1. The summed E-state index contributed by atoms with van der Waals surface area (Å²) in [6.45, 7) is 6.93. The number of para-hydroxylation sites is 1. The van der Waals surface area contributed by atoms with E-state index in [1.165, 1.54) is 36.8 Å². The maximum Gasteiger partial charge on any atom is 0.258 e. The first kappa shape index (κ1) is 23.2. The fourth-order valence-corrected chi connectivity index (χ4v) is 3.78. The topological polar surface area (TPSA) is 41.6 Å². The third-order valence-corrected chi connectivity index (χ3v) is 5.49. The fraction of sp³-hybridized carbons (Fsp3) is 0.458. The summed E-state index contributed by atoms with van der Waals surface area (Å²) in [5.74, 6) is 0.690. The Morgan fingerprint density at radius 3 is 2.31 bits per heavy atom. The van der Waals surface area contributed by atoms with E-state index in [1.54, 1.807) is 0 Å². The molecule has 4 nitrogen and oxygen atoms in total. The maximum atomic E-state index is 12.4. The van der Waals surface area contributed by atoms with Crippen LogP contribution in [-0.4, -0.2) is 37.0 Å². The number of ether oxygens (including phenoxy) is 1. The summed E-state index contributed by atoms with van der Waals surface area (Å²) in [6.07, 6.45) is 5.06. The van der Waals surface area contributed by atoms with E-state index in [9.17, 15) is 4.79 Å². The zero-order valence-corrected chi connectivity index (χ0v) is 18.3. The van der Waals surface area contributed by atoms with Gasteiger partial charge in [-0.3, -0.25) is 9.69 Å². The molecule has 0 saturated carbocycles. The van der Waals surface area contributed by atoms with Crippen molar-refractivity contribution in [2.45, 2.75) is 45.6 Å². The molecule has 1 fully saturated rings. The highest BCUT2D eigenvalue weighted by Crippen LogP contribution is 2.24. The Hall–Kier alpha value is -2.04. The standard InChI is InChI=1S/C24H32N2O2.ClH/c1-19-11-13-21(14-12-19)22(26-15-7-3-4-8-16-26)17-25-24(27)18-28-23-10-6-5-9-20(23)2;/h5-6,9-14,22H,3-4,7-8,15-18H2,1-2H3,(H,25,27);1H. The highest BCUT2D eigenvalue weighted by molar-refractivity contribution is 5.85. The molecular formula is C24H33ClN2O2. The number of aryl methyl sites for hydroxylation is 2. The number of nitrogens with zero attached hydrogens (tertiary/aromatic N) is 1. The van der Waals surface area contributed by atoms with Crippen molar-refractivity contribution < 1.29 is 9.53 Å². The first-order chi connectivity index (χ1) is 13.6. The molecule has 1 N–H and O–H groups in total. The quantitative estimate of drug-likeness (QED) is 0.702. The molecule has 3 rings (SSSR count). The number of likely N-dealkylation sites (tertiary alicyclic amines) is 1. The average molecular weight is 417 g/mol. The van der Waals surface area contributed by atoms with Gasteiger partial charge in [0.05, 0.1) is 6.04 Å². The van der Waals surface area contributed by atoms with Gasteiger partial charge in [-0.2, -0.15) is 0 Å². The van der Waals surface area contributed by atoms with E-state index < -0.39 is 0 Å². The molecule has 0 aromatic heterocycles. The highest BCUT2D eigenvalue weighted by atomic mass is 35.5. The second-order valence-corrected chi connectivity index (χ2v) is 7.73. The van der Waals surface area contributed by atoms with Gasteiger partial charge in [0.25, 0.3) is 5.91 Å². The molecule has 29 heavy (non-hydrogen) atoms. The van der Waals surface area contributed by atoms with E-state index in [0.717, 1.165) is 24.4 Å². The molecule has 1 saturated heterocycles. The lowest BCUT2D eigenvalue weighted by atomic mass is 10.0. The maximum absolute atomic E-state index is 12.4. The molecule has 1 heterocycles. The van der Waals surface area contributed by atoms with Gasteiger partial charge in [0.15, 0.2) is 6.61 Å². The molecule has 0 radical (unpaired) electrons. The largest absolute Gasteiger partial charge is 0.484 e. The van der Waals surface area contributed by atoms with E-state index in [4.69, 9.17) is 4.74 Å². The van der Waals surface area contributed by atoms with Crippen molar-refractivity contribution in [1.82, 2.24) is 10.2 Å². The van der Waals surface area contributed by atoms with Crippen molar-refractivity contribution in [2.75, 3.05) is 26.2 Å². The molecule has 1 amide bonds. The van der Waals surface area contributed by atoms with Gasteiger partial charge < -0.3 is 10.1 Å². The van der Waals surface area contributed by atoms with Crippen LogP contribution in [0.4, 0.5) is 0 Å². The lowest BCUT2D eigenvalue weighted by molar-refractivity contribution is -0.123. The number of carbonyl (C=O) groups is 1. The minimum Gasteiger partial charge on any atom is -0.484 e. The normalized spacial score (nSPS) is 15.7. The van der Waals surface area contributed by atoms with Gasteiger partial charge in [-0.05, 0) is 57.0 Å². The first-order valence-electron chi connectivity index (χ1n) is 10.4. The number of rotatable bonds is 7. The van der Waals surface area contributed by atoms with E-state index in [2.05, 4.69) is 41.4 Å². The molecule has 1 aliphatic rings. The predicted octanol–water partition coefficient (Wildman–Crippen LogP) is 4.84. The minimum absolute atomic E-state index is 0. The third-order valence-electron chi connectivity index (χ3n) is 5.49. The van der Waals surface area contributed by atoms with Crippen molar-refractivity contribution in [3.63, 3.8) is 0 Å². The number of hydrogen-bond donors (Lipinski definition) is 1. The van der Waals surface area contributed by atoms with Crippen molar-refractivity contribution in [3.05, 3.63) is 65.2 Å². The SMILES string of the molecule is Cc1ccc(C(CNC(=O)COc2ccccc2C)N2CCCCCC2)cc1.Cl. The molecule has 1 atom stereocenters. The Morgan fingerprint density at radius 1 is 1.00 bits per heavy atom. The van der Waals surface area contributed by atoms with Gasteiger partial charge in [0, 0.05) is 6.54 Å². The summed E-state index contributed by atoms with van der Waals surface area (Å²) < 4.78 is 5.69. The smallest absolute Gasteiger partial charge is 0.258 e. The van der Waals surface area contributed by atoms with Crippen LogP contribution in [0, 0.1) is 13.8 Å². The summed E-state index contributed by atoms with van der Waals surface area (Å²) in [7, 11) is 0. The Balaban J connectivity index is 0.00000300. The summed E-state index contributed by atoms with van der Waals surface area (Å²) in [5.41, 5.74) is 3.57.